The Labute approximate surface area is 96.1 Å². The minimum absolute atomic E-state index is 0.0649. The first-order chi connectivity index (χ1) is 7.77. The first kappa shape index (κ1) is 12.3. The largest absolute Gasteiger partial charge is 0.494 e. The standard InChI is InChI=1S/C13H17NO2/c1-3-5-10-14-13(15)11-6-8-12(9-7-11)16-4-2/h3,6-9H,1,4-5,10H2,2H3,(H,14,15). The van der Waals surface area contributed by atoms with Crippen molar-refractivity contribution >= 4 is 5.91 Å². The predicted octanol–water partition coefficient (Wildman–Crippen LogP) is 2.39. The average Bonchev–Trinajstić information content (AvgIpc) is 2.30. The molecule has 1 aromatic carbocycles. The van der Waals surface area contributed by atoms with Crippen LogP contribution in [-0.4, -0.2) is 19.1 Å². The molecule has 0 saturated heterocycles. The van der Waals surface area contributed by atoms with Crippen LogP contribution in [0.5, 0.6) is 5.75 Å². The molecule has 1 rings (SSSR count). The fourth-order valence-corrected chi connectivity index (χ4v) is 1.26. The van der Waals surface area contributed by atoms with E-state index in [4.69, 9.17) is 4.74 Å². The van der Waals surface area contributed by atoms with Gasteiger partial charge in [0, 0.05) is 12.1 Å². The highest BCUT2D eigenvalue weighted by Crippen LogP contribution is 2.11. The van der Waals surface area contributed by atoms with Gasteiger partial charge in [-0.1, -0.05) is 6.08 Å². The molecule has 1 amide bonds. The topological polar surface area (TPSA) is 38.3 Å². The number of rotatable bonds is 6. The van der Waals surface area contributed by atoms with Crippen LogP contribution in [0.25, 0.3) is 0 Å². The quantitative estimate of drug-likeness (QED) is 0.589. The minimum atomic E-state index is -0.0649. The molecule has 0 spiro atoms. The summed E-state index contributed by atoms with van der Waals surface area (Å²) in [5.41, 5.74) is 0.646. The summed E-state index contributed by atoms with van der Waals surface area (Å²) in [6, 6.07) is 7.11. The van der Waals surface area contributed by atoms with Crippen LogP contribution < -0.4 is 10.1 Å². The Bertz CT molecular complexity index is 343. The van der Waals surface area contributed by atoms with Crippen molar-refractivity contribution in [2.24, 2.45) is 0 Å². The summed E-state index contributed by atoms with van der Waals surface area (Å²) in [4.78, 5) is 11.6. The van der Waals surface area contributed by atoms with Gasteiger partial charge in [0.2, 0.25) is 0 Å². The maximum Gasteiger partial charge on any atom is 0.251 e. The third-order valence-corrected chi connectivity index (χ3v) is 2.06. The number of carbonyl (C=O) groups excluding carboxylic acids is 1. The smallest absolute Gasteiger partial charge is 0.251 e. The van der Waals surface area contributed by atoms with Gasteiger partial charge in [-0.2, -0.15) is 0 Å². The van der Waals surface area contributed by atoms with Gasteiger partial charge >= 0.3 is 0 Å². The second kappa shape index (κ2) is 6.67. The number of carbonyl (C=O) groups is 1. The summed E-state index contributed by atoms with van der Waals surface area (Å²) in [6.45, 7) is 6.77. The van der Waals surface area contributed by atoms with E-state index in [1.165, 1.54) is 0 Å². The van der Waals surface area contributed by atoms with E-state index < -0.39 is 0 Å². The van der Waals surface area contributed by atoms with Crippen LogP contribution in [0.4, 0.5) is 0 Å². The fourth-order valence-electron chi connectivity index (χ4n) is 1.26. The number of amides is 1. The van der Waals surface area contributed by atoms with Crippen molar-refractivity contribution in [3.63, 3.8) is 0 Å². The van der Waals surface area contributed by atoms with Gasteiger partial charge in [0.05, 0.1) is 6.61 Å². The van der Waals surface area contributed by atoms with E-state index in [0.29, 0.717) is 18.7 Å². The molecule has 0 aromatic heterocycles. The number of ether oxygens (including phenoxy) is 1. The van der Waals surface area contributed by atoms with E-state index in [2.05, 4.69) is 11.9 Å². The Morgan fingerprint density at radius 3 is 2.69 bits per heavy atom. The van der Waals surface area contributed by atoms with Crippen LogP contribution in [0, 0.1) is 0 Å². The number of hydrogen-bond donors (Lipinski definition) is 1. The zero-order chi connectivity index (χ0) is 11.8. The SMILES string of the molecule is C=CCCNC(=O)c1ccc(OCC)cc1. The lowest BCUT2D eigenvalue weighted by atomic mass is 10.2. The summed E-state index contributed by atoms with van der Waals surface area (Å²) in [7, 11) is 0. The van der Waals surface area contributed by atoms with E-state index in [-0.39, 0.29) is 5.91 Å². The summed E-state index contributed by atoms with van der Waals surface area (Å²) in [5, 5.41) is 2.80. The normalized spacial score (nSPS) is 9.56. The van der Waals surface area contributed by atoms with Crippen LogP contribution in [0.3, 0.4) is 0 Å². The summed E-state index contributed by atoms with van der Waals surface area (Å²) >= 11 is 0. The third-order valence-electron chi connectivity index (χ3n) is 2.06. The molecule has 3 heteroatoms. The Balaban J connectivity index is 2.52. The number of nitrogens with one attached hydrogen (secondary N) is 1. The highest BCUT2D eigenvalue weighted by atomic mass is 16.5. The third kappa shape index (κ3) is 3.77. The first-order valence-corrected chi connectivity index (χ1v) is 5.40. The molecule has 0 aliphatic carbocycles. The molecule has 0 heterocycles. The first-order valence-electron chi connectivity index (χ1n) is 5.40. The van der Waals surface area contributed by atoms with Crippen LogP contribution in [-0.2, 0) is 0 Å². The van der Waals surface area contributed by atoms with E-state index in [1.807, 2.05) is 6.92 Å². The summed E-state index contributed by atoms with van der Waals surface area (Å²) in [5.74, 6) is 0.718. The van der Waals surface area contributed by atoms with E-state index in [9.17, 15) is 4.79 Å². The highest BCUT2D eigenvalue weighted by Gasteiger charge is 2.03. The molecule has 0 radical (unpaired) electrons. The lowest BCUT2D eigenvalue weighted by Gasteiger charge is -2.05. The Morgan fingerprint density at radius 1 is 1.44 bits per heavy atom. The van der Waals surface area contributed by atoms with Gasteiger partial charge in [0.15, 0.2) is 0 Å². The molecule has 0 aliphatic heterocycles. The van der Waals surface area contributed by atoms with Gasteiger partial charge in [-0.05, 0) is 37.6 Å². The lowest BCUT2D eigenvalue weighted by Crippen LogP contribution is -2.23. The summed E-state index contributed by atoms with van der Waals surface area (Å²) in [6.07, 6.45) is 2.56. The van der Waals surface area contributed by atoms with Gasteiger partial charge in [0.1, 0.15) is 5.75 Å². The van der Waals surface area contributed by atoms with Crippen molar-refractivity contribution in [2.75, 3.05) is 13.2 Å². The monoisotopic (exact) mass is 219 g/mol. The Hall–Kier alpha value is -1.77. The molecule has 0 saturated carbocycles. The average molecular weight is 219 g/mol. The highest BCUT2D eigenvalue weighted by molar-refractivity contribution is 5.94. The van der Waals surface area contributed by atoms with Gasteiger partial charge in [-0.3, -0.25) is 4.79 Å². The van der Waals surface area contributed by atoms with E-state index in [0.717, 1.165) is 12.2 Å². The molecule has 0 fully saturated rings. The minimum Gasteiger partial charge on any atom is -0.494 e. The van der Waals surface area contributed by atoms with Crippen LogP contribution in [0.15, 0.2) is 36.9 Å². The molecule has 1 aromatic rings. The van der Waals surface area contributed by atoms with Gasteiger partial charge < -0.3 is 10.1 Å². The van der Waals surface area contributed by atoms with E-state index >= 15 is 0 Å². The second-order valence-corrected chi connectivity index (χ2v) is 3.29. The van der Waals surface area contributed by atoms with Gasteiger partial charge in [-0.15, -0.1) is 6.58 Å². The fraction of sp³-hybridized carbons (Fsp3) is 0.308. The van der Waals surface area contributed by atoms with Gasteiger partial charge in [0.25, 0.3) is 5.91 Å². The second-order valence-electron chi connectivity index (χ2n) is 3.29. The molecule has 0 aliphatic rings. The molecular formula is C13H17NO2. The molecular weight excluding hydrogens is 202 g/mol. The predicted molar refractivity (Wildman–Crippen MR) is 64.8 cm³/mol. The van der Waals surface area contributed by atoms with Crippen molar-refractivity contribution < 1.29 is 9.53 Å². The Kier molecular flexibility index (Phi) is 5.12. The van der Waals surface area contributed by atoms with Crippen molar-refractivity contribution in [3.05, 3.63) is 42.5 Å². The van der Waals surface area contributed by atoms with E-state index in [1.54, 1.807) is 30.3 Å². The van der Waals surface area contributed by atoms with Crippen LogP contribution in [0.1, 0.15) is 23.7 Å². The summed E-state index contributed by atoms with van der Waals surface area (Å²) < 4.78 is 5.29. The molecule has 86 valence electrons. The van der Waals surface area contributed by atoms with Crippen LogP contribution >= 0.6 is 0 Å². The number of hydrogen-bond acceptors (Lipinski definition) is 2. The molecule has 16 heavy (non-hydrogen) atoms. The molecule has 0 bridgehead atoms. The van der Waals surface area contributed by atoms with Crippen LogP contribution in [0.2, 0.25) is 0 Å². The molecule has 0 atom stereocenters. The van der Waals surface area contributed by atoms with Gasteiger partial charge in [-0.25, -0.2) is 0 Å². The zero-order valence-electron chi connectivity index (χ0n) is 9.53. The lowest BCUT2D eigenvalue weighted by molar-refractivity contribution is 0.0954. The number of benzene rings is 1. The molecule has 1 N–H and O–H groups in total. The molecule has 3 nitrogen and oxygen atoms in total. The Morgan fingerprint density at radius 2 is 2.12 bits per heavy atom. The van der Waals surface area contributed by atoms with Crippen molar-refractivity contribution in [2.45, 2.75) is 13.3 Å². The maximum atomic E-state index is 11.6. The zero-order valence-corrected chi connectivity index (χ0v) is 9.53. The van der Waals surface area contributed by atoms with Crippen molar-refractivity contribution in [1.82, 2.24) is 5.32 Å². The van der Waals surface area contributed by atoms with Crippen molar-refractivity contribution in [1.29, 1.82) is 0 Å². The molecule has 0 unspecified atom stereocenters. The van der Waals surface area contributed by atoms with Crippen molar-refractivity contribution in [3.8, 4) is 5.75 Å². The maximum absolute atomic E-state index is 11.6.